The molecule has 5 rings (SSSR count). The van der Waals surface area contributed by atoms with Crippen LogP contribution in [0, 0.1) is 0 Å². The third-order valence-electron chi connectivity index (χ3n) is 6.09. The first-order valence-corrected chi connectivity index (χ1v) is 11.7. The number of pyridine rings is 1. The molecule has 3 amide bonds. The number of fused-ring (bicyclic) bond motifs is 2. The molecule has 1 aromatic heterocycles. The van der Waals surface area contributed by atoms with Gasteiger partial charge >= 0.3 is 6.03 Å². The van der Waals surface area contributed by atoms with Gasteiger partial charge in [0, 0.05) is 36.6 Å². The summed E-state index contributed by atoms with van der Waals surface area (Å²) in [7, 11) is 3.92. The number of ether oxygens (including phenoxy) is 1. The maximum atomic E-state index is 13.0. The average molecular weight is 482 g/mol. The van der Waals surface area contributed by atoms with Gasteiger partial charge in [-0.3, -0.25) is 9.78 Å². The quantitative estimate of drug-likeness (QED) is 0.412. The SMILES string of the molecule is CN(C)CCN1C(=O)COc2ccc(NC(=O)Nc3ccc(-c4ccncc4)c4ccccc34)cc21. The van der Waals surface area contributed by atoms with E-state index in [-0.39, 0.29) is 18.5 Å². The largest absolute Gasteiger partial charge is 0.482 e. The number of carbonyl (C=O) groups is 2. The van der Waals surface area contributed by atoms with E-state index in [1.165, 1.54) is 0 Å². The predicted molar refractivity (Wildman–Crippen MR) is 143 cm³/mol. The van der Waals surface area contributed by atoms with Gasteiger partial charge in [-0.1, -0.05) is 30.3 Å². The van der Waals surface area contributed by atoms with Crippen LogP contribution >= 0.6 is 0 Å². The summed E-state index contributed by atoms with van der Waals surface area (Å²) < 4.78 is 5.59. The molecule has 0 bridgehead atoms. The molecule has 36 heavy (non-hydrogen) atoms. The van der Waals surface area contributed by atoms with Crippen molar-refractivity contribution in [3.63, 3.8) is 0 Å². The zero-order chi connectivity index (χ0) is 25.1. The first-order chi connectivity index (χ1) is 17.5. The Labute approximate surface area is 209 Å². The number of carbonyl (C=O) groups excluding carboxylic acids is 2. The summed E-state index contributed by atoms with van der Waals surface area (Å²) in [6.45, 7) is 1.26. The highest BCUT2D eigenvalue weighted by Crippen LogP contribution is 2.35. The Morgan fingerprint density at radius 2 is 1.78 bits per heavy atom. The molecular formula is C28H27N5O3. The third kappa shape index (κ3) is 4.85. The van der Waals surface area contributed by atoms with Crippen molar-refractivity contribution in [2.24, 2.45) is 0 Å². The fourth-order valence-corrected chi connectivity index (χ4v) is 4.30. The number of amides is 3. The maximum Gasteiger partial charge on any atom is 0.323 e. The third-order valence-corrected chi connectivity index (χ3v) is 6.09. The highest BCUT2D eigenvalue weighted by molar-refractivity contribution is 6.10. The van der Waals surface area contributed by atoms with Crippen LogP contribution in [0.15, 0.2) is 79.1 Å². The van der Waals surface area contributed by atoms with Crippen LogP contribution in [0.25, 0.3) is 21.9 Å². The number of anilines is 3. The van der Waals surface area contributed by atoms with Crippen LogP contribution in [0.4, 0.5) is 21.9 Å². The lowest BCUT2D eigenvalue weighted by Gasteiger charge is -2.30. The van der Waals surface area contributed by atoms with Crippen LogP contribution < -0.4 is 20.3 Å². The lowest BCUT2D eigenvalue weighted by Crippen LogP contribution is -2.42. The van der Waals surface area contributed by atoms with Crippen molar-refractivity contribution in [2.45, 2.75) is 0 Å². The van der Waals surface area contributed by atoms with Crippen LogP contribution in [-0.4, -0.2) is 55.6 Å². The number of rotatable bonds is 6. The average Bonchev–Trinajstić information content (AvgIpc) is 2.88. The molecule has 8 heteroatoms. The summed E-state index contributed by atoms with van der Waals surface area (Å²) >= 11 is 0. The predicted octanol–water partition coefficient (Wildman–Crippen LogP) is 4.83. The van der Waals surface area contributed by atoms with Crippen molar-refractivity contribution in [1.82, 2.24) is 9.88 Å². The van der Waals surface area contributed by atoms with Gasteiger partial charge in [0.1, 0.15) is 5.75 Å². The first kappa shape index (κ1) is 23.3. The number of hydrogen-bond donors (Lipinski definition) is 2. The summed E-state index contributed by atoms with van der Waals surface area (Å²) in [6.07, 6.45) is 3.53. The van der Waals surface area contributed by atoms with E-state index < -0.39 is 0 Å². The van der Waals surface area contributed by atoms with E-state index in [0.29, 0.717) is 35.9 Å². The number of urea groups is 1. The second-order valence-corrected chi connectivity index (χ2v) is 8.84. The topological polar surface area (TPSA) is 86.8 Å². The minimum Gasteiger partial charge on any atom is -0.482 e. The van der Waals surface area contributed by atoms with Crippen molar-refractivity contribution in [2.75, 3.05) is 49.3 Å². The molecule has 0 spiro atoms. The molecule has 1 aliphatic rings. The van der Waals surface area contributed by atoms with E-state index in [4.69, 9.17) is 4.74 Å². The van der Waals surface area contributed by atoms with Crippen molar-refractivity contribution < 1.29 is 14.3 Å². The molecule has 0 fully saturated rings. The zero-order valence-corrected chi connectivity index (χ0v) is 20.2. The number of aromatic nitrogens is 1. The van der Waals surface area contributed by atoms with Gasteiger partial charge in [0.15, 0.2) is 6.61 Å². The Bertz CT molecular complexity index is 1420. The molecule has 0 radical (unpaired) electrons. The van der Waals surface area contributed by atoms with Crippen LogP contribution in [0.5, 0.6) is 5.75 Å². The van der Waals surface area contributed by atoms with Gasteiger partial charge in [-0.05, 0) is 67.0 Å². The standard InChI is InChI=1S/C28H27N5O3/c1-32(2)15-16-33-25-17-20(7-10-26(25)36-18-27(33)34)30-28(35)31-24-9-8-21(19-11-13-29-14-12-19)22-5-3-4-6-23(22)24/h3-14,17H,15-16,18H2,1-2H3,(H2,30,31,35). The number of nitrogens with one attached hydrogen (secondary N) is 2. The van der Waals surface area contributed by atoms with Gasteiger partial charge in [0.2, 0.25) is 0 Å². The molecule has 182 valence electrons. The van der Waals surface area contributed by atoms with E-state index in [1.807, 2.05) is 67.5 Å². The fourth-order valence-electron chi connectivity index (χ4n) is 4.30. The van der Waals surface area contributed by atoms with Crippen LogP contribution in [0.3, 0.4) is 0 Å². The summed E-state index contributed by atoms with van der Waals surface area (Å²) in [5.74, 6) is 0.517. The summed E-state index contributed by atoms with van der Waals surface area (Å²) in [4.78, 5) is 33.3. The second-order valence-electron chi connectivity index (χ2n) is 8.84. The Morgan fingerprint density at radius 3 is 2.56 bits per heavy atom. The molecule has 0 aliphatic carbocycles. The summed E-state index contributed by atoms with van der Waals surface area (Å²) in [6, 6.07) is 20.7. The highest BCUT2D eigenvalue weighted by Gasteiger charge is 2.26. The fraction of sp³-hybridized carbons (Fsp3) is 0.179. The molecular weight excluding hydrogens is 454 g/mol. The van der Waals surface area contributed by atoms with Crippen LogP contribution in [0.2, 0.25) is 0 Å². The van der Waals surface area contributed by atoms with Crippen LogP contribution in [0.1, 0.15) is 0 Å². The normalized spacial score (nSPS) is 12.9. The van der Waals surface area contributed by atoms with Crippen molar-refractivity contribution >= 4 is 39.8 Å². The van der Waals surface area contributed by atoms with Crippen molar-refractivity contribution in [1.29, 1.82) is 0 Å². The van der Waals surface area contributed by atoms with E-state index in [9.17, 15) is 9.59 Å². The summed E-state index contributed by atoms with van der Waals surface area (Å²) in [5, 5.41) is 7.82. The number of hydrogen-bond acceptors (Lipinski definition) is 5. The molecule has 3 aromatic carbocycles. The number of nitrogens with zero attached hydrogens (tertiary/aromatic N) is 3. The minimum absolute atomic E-state index is 0.0102. The number of likely N-dealkylation sites (N-methyl/N-ethyl adjacent to an activating group) is 1. The van der Waals surface area contributed by atoms with Crippen LogP contribution in [-0.2, 0) is 4.79 Å². The van der Waals surface area contributed by atoms with Gasteiger partial charge < -0.3 is 25.2 Å². The second kappa shape index (κ2) is 10.1. The lowest BCUT2D eigenvalue weighted by atomic mass is 9.98. The first-order valence-electron chi connectivity index (χ1n) is 11.7. The van der Waals surface area contributed by atoms with E-state index >= 15 is 0 Å². The minimum atomic E-state index is -0.375. The molecule has 1 aliphatic heterocycles. The lowest BCUT2D eigenvalue weighted by molar-refractivity contribution is -0.121. The van der Waals surface area contributed by atoms with Crippen molar-refractivity contribution in [3.05, 3.63) is 79.1 Å². The Morgan fingerprint density at radius 1 is 1.00 bits per heavy atom. The van der Waals surface area contributed by atoms with Gasteiger partial charge in [0.25, 0.3) is 5.91 Å². The summed E-state index contributed by atoms with van der Waals surface area (Å²) in [5.41, 5.74) is 4.04. The Kier molecular flexibility index (Phi) is 6.51. The molecule has 0 saturated carbocycles. The van der Waals surface area contributed by atoms with Gasteiger partial charge in [-0.25, -0.2) is 4.79 Å². The molecule has 8 nitrogen and oxygen atoms in total. The van der Waals surface area contributed by atoms with E-state index in [2.05, 4.69) is 15.6 Å². The van der Waals surface area contributed by atoms with Gasteiger partial charge in [0.05, 0.1) is 11.4 Å². The molecule has 2 heterocycles. The number of benzene rings is 3. The van der Waals surface area contributed by atoms with Crippen molar-refractivity contribution in [3.8, 4) is 16.9 Å². The molecule has 0 saturated heterocycles. The highest BCUT2D eigenvalue weighted by atomic mass is 16.5. The van der Waals surface area contributed by atoms with Gasteiger partial charge in [-0.15, -0.1) is 0 Å². The monoisotopic (exact) mass is 481 g/mol. The van der Waals surface area contributed by atoms with E-state index in [1.54, 1.807) is 35.5 Å². The maximum absolute atomic E-state index is 13.0. The Balaban J connectivity index is 1.37. The zero-order valence-electron chi connectivity index (χ0n) is 20.2. The Hall–Kier alpha value is -4.43. The molecule has 2 N–H and O–H groups in total. The molecule has 4 aromatic rings. The van der Waals surface area contributed by atoms with Gasteiger partial charge in [-0.2, -0.15) is 0 Å². The smallest absolute Gasteiger partial charge is 0.323 e. The molecule has 0 atom stereocenters. The molecule has 0 unspecified atom stereocenters. The van der Waals surface area contributed by atoms with E-state index in [0.717, 1.165) is 21.9 Å².